The number of hydrogen-bond donors (Lipinski definition) is 2. The summed E-state index contributed by atoms with van der Waals surface area (Å²) in [5, 5.41) is 6.28. The molecule has 0 atom stereocenters. The number of hydrogen-bond acceptors (Lipinski definition) is 4. The van der Waals surface area contributed by atoms with Crippen molar-refractivity contribution in [3.05, 3.63) is 83.4 Å². The van der Waals surface area contributed by atoms with Gasteiger partial charge in [0.15, 0.2) is 0 Å². The normalized spacial score (nSPS) is 10.3. The first kappa shape index (κ1) is 23.9. The van der Waals surface area contributed by atoms with E-state index in [-0.39, 0.29) is 11.9 Å². The summed E-state index contributed by atoms with van der Waals surface area (Å²) in [7, 11) is 3.14. The van der Waals surface area contributed by atoms with Crippen LogP contribution in [0.25, 0.3) is 0 Å². The average molecular weight is 468 g/mol. The first-order valence-corrected chi connectivity index (χ1v) is 10.8. The summed E-state index contributed by atoms with van der Waals surface area (Å²) < 4.78 is 10.4. The van der Waals surface area contributed by atoms with Crippen LogP contribution in [0.4, 0.5) is 16.2 Å². The van der Waals surface area contributed by atoms with Gasteiger partial charge in [0, 0.05) is 35.1 Å². The fourth-order valence-electron chi connectivity index (χ4n) is 3.17. The summed E-state index contributed by atoms with van der Waals surface area (Å²) in [5.41, 5.74) is 1.81. The Kier molecular flexibility index (Phi) is 8.55. The Morgan fingerprint density at radius 3 is 2.33 bits per heavy atom. The highest BCUT2D eigenvalue weighted by Gasteiger charge is 2.16. The molecule has 0 saturated heterocycles. The van der Waals surface area contributed by atoms with E-state index in [1.807, 2.05) is 12.1 Å². The lowest BCUT2D eigenvalue weighted by molar-refractivity contribution is 0.0953. The molecule has 0 fully saturated rings. The number of carbonyl (C=O) groups excluding carboxylic acids is 2. The minimum atomic E-state index is -0.304. The molecule has 0 radical (unpaired) electrons. The Bertz CT molecular complexity index is 1090. The van der Waals surface area contributed by atoms with E-state index in [0.717, 1.165) is 0 Å². The van der Waals surface area contributed by atoms with Gasteiger partial charge in [0.2, 0.25) is 0 Å². The molecule has 172 valence electrons. The van der Waals surface area contributed by atoms with Crippen LogP contribution in [0.2, 0.25) is 5.02 Å². The van der Waals surface area contributed by atoms with Gasteiger partial charge in [-0.25, -0.2) is 4.79 Å². The van der Waals surface area contributed by atoms with Crippen LogP contribution in [0.3, 0.4) is 0 Å². The van der Waals surface area contributed by atoms with Crippen LogP contribution < -0.4 is 25.0 Å². The van der Waals surface area contributed by atoms with Crippen molar-refractivity contribution in [2.24, 2.45) is 0 Å². The van der Waals surface area contributed by atoms with Crippen LogP contribution in [0.5, 0.6) is 11.5 Å². The Morgan fingerprint density at radius 2 is 1.64 bits per heavy atom. The summed E-state index contributed by atoms with van der Waals surface area (Å²) >= 11 is 6.03. The second kappa shape index (κ2) is 11.8. The summed E-state index contributed by atoms with van der Waals surface area (Å²) in [6, 6.07) is 20.8. The monoisotopic (exact) mass is 467 g/mol. The maximum absolute atomic E-state index is 13.0. The van der Waals surface area contributed by atoms with Gasteiger partial charge in [0.1, 0.15) is 11.5 Å². The number of benzene rings is 3. The Balaban J connectivity index is 1.64. The van der Waals surface area contributed by atoms with Crippen molar-refractivity contribution in [3.63, 3.8) is 0 Å². The number of ether oxygens (including phenoxy) is 2. The van der Waals surface area contributed by atoms with E-state index in [4.69, 9.17) is 21.1 Å². The standard InChI is InChI=1S/C25H26ClN3O4/c1-32-22-12-10-21(11-13-22)29(25(31)28-20-8-4-7-19(26)17-20)15-5-14-27-24(30)18-6-3-9-23(16-18)33-2/h3-4,6-13,16-17H,5,14-15H2,1-2H3,(H,27,30)(H,28,31). The molecule has 8 heteroatoms. The van der Waals surface area contributed by atoms with E-state index in [1.54, 1.807) is 79.8 Å². The van der Waals surface area contributed by atoms with Crippen LogP contribution in [0.1, 0.15) is 16.8 Å². The lowest BCUT2D eigenvalue weighted by Crippen LogP contribution is -2.37. The zero-order valence-electron chi connectivity index (χ0n) is 18.5. The van der Waals surface area contributed by atoms with Crippen LogP contribution in [0.15, 0.2) is 72.8 Å². The molecule has 2 N–H and O–H groups in total. The summed E-state index contributed by atoms with van der Waals surface area (Å²) in [6.45, 7) is 0.782. The molecular formula is C25H26ClN3O4. The van der Waals surface area contributed by atoms with Gasteiger partial charge >= 0.3 is 6.03 Å². The van der Waals surface area contributed by atoms with E-state index in [0.29, 0.717) is 53.0 Å². The molecular weight excluding hydrogens is 442 g/mol. The minimum absolute atomic E-state index is 0.201. The summed E-state index contributed by atoms with van der Waals surface area (Å²) in [5.74, 6) is 1.11. The summed E-state index contributed by atoms with van der Waals surface area (Å²) in [6.07, 6.45) is 0.546. The van der Waals surface area contributed by atoms with E-state index < -0.39 is 0 Å². The second-order valence-corrected chi connectivity index (χ2v) is 7.57. The van der Waals surface area contributed by atoms with Crippen molar-refractivity contribution in [1.29, 1.82) is 0 Å². The molecule has 7 nitrogen and oxygen atoms in total. The molecule has 0 aliphatic rings. The number of urea groups is 1. The molecule has 33 heavy (non-hydrogen) atoms. The van der Waals surface area contributed by atoms with Crippen molar-refractivity contribution < 1.29 is 19.1 Å². The quantitative estimate of drug-likeness (QED) is 0.423. The highest BCUT2D eigenvalue weighted by Crippen LogP contribution is 2.22. The van der Waals surface area contributed by atoms with Crippen LogP contribution >= 0.6 is 11.6 Å². The van der Waals surface area contributed by atoms with Gasteiger partial charge in [-0.2, -0.15) is 0 Å². The number of amides is 3. The van der Waals surface area contributed by atoms with Gasteiger partial charge in [-0.05, 0) is 67.1 Å². The van der Waals surface area contributed by atoms with Gasteiger partial charge < -0.3 is 20.1 Å². The highest BCUT2D eigenvalue weighted by atomic mass is 35.5. The minimum Gasteiger partial charge on any atom is -0.497 e. The van der Waals surface area contributed by atoms with E-state index >= 15 is 0 Å². The van der Waals surface area contributed by atoms with Crippen LogP contribution in [0, 0.1) is 0 Å². The van der Waals surface area contributed by atoms with Gasteiger partial charge in [0.25, 0.3) is 5.91 Å². The molecule has 3 rings (SSSR count). The lowest BCUT2D eigenvalue weighted by atomic mass is 10.2. The SMILES string of the molecule is COc1ccc(N(CCCNC(=O)c2cccc(OC)c2)C(=O)Nc2cccc(Cl)c2)cc1. The van der Waals surface area contributed by atoms with Crippen LogP contribution in [-0.4, -0.2) is 39.2 Å². The Morgan fingerprint density at radius 1 is 0.909 bits per heavy atom. The number of methoxy groups -OCH3 is 2. The van der Waals surface area contributed by atoms with Gasteiger partial charge in [0.05, 0.1) is 14.2 Å². The molecule has 0 aliphatic carbocycles. The third kappa shape index (κ3) is 6.89. The molecule has 0 bridgehead atoms. The zero-order valence-corrected chi connectivity index (χ0v) is 19.3. The lowest BCUT2D eigenvalue weighted by Gasteiger charge is -2.24. The maximum Gasteiger partial charge on any atom is 0.326 e. The van der Waals surface area contributed by atoms with Gasteiger partial charge in [-0.3, -0.25) is 9.69 Å². The van der Waals surface area contributed by atoms with E-state index in [2.05, 4.69) is 10.6 Å². The number of nitrogens with one attached hydrogen (secondary N) is 2. The maximum atomic E-state index is 13.0. The first-order chi connectivity index (χ1) is 16.0. The average Bonchev–Trinajstić information content (AvgIpc) is 2.84. The van der Waals surface area contributed by atoms with E-state index in [9.17, 15) is 9.59 Å². The van der Waals surface area contributed by atoms with Gasteiger partial charge in [-0.1, -0.05) is 23.7 Å². The fourth-order valence-corrected chi connectivity index (χ4v) is 3.36. The molecule has 0 heterocycles. The predicted octanol–water partition coefficient (Wildman–Crippen LogP) is 5.22. The van der Waals surface area contributed by atoms with Crippen molar-refractivity contribution in [1.82, 2.24) is 5.32 Å². The molecule has 0 saturated carbocycles. The Hall–Kier alpha value is -3.71. The Labute approximate surface area is 198 Å². The van der Waals surface area contributed by atoms with Crippen molar-refractivity contribution in [2.45, 2.75) is 6.42 Å². The number of carbonyl (C=O) groups is 2. The van der Waals surface area contributed by atoms with Crippen molar-refractivity contribution >= 4 is 34.9 Å². The number of nitrogens with zero attached hydrogens (tertiary/aromatic N) is 1. The third-order valence-electron chi connectivity index (χ3n) is 4.88. The highest BCUT2D eigenvalue weighted by molar-refractivity contribution is 6.30. The topological polar surface area (TPSA) is 79.9 Å². The number of halogens is 1. The third-order valence-corrected chi connectivity index (χ3v) is 5.12. The molecule has 3 aromatic rings. The first-order valence-electron chi connectivity index (χ1n) is 10.4. The summed E-state index contributed by atoms with van der Waals surface area (Å²) in [4.78, 5) is 27.1. The fraction of sp³-hybridized carbons (Fsp3) is 0.200. The second-order valence-electron chi connectivity index (χ2n) is 7.13. The number of anilines is 2. The molecule has 0 aromatic heterocycles. The van der Waals surface area contributed by atoms with Gasteiger partial charge in [-0.15, -0.1) is 0 Å². The zero-order chi connectivity index (χ0) is 23.6. The smallest absolute Gasteiger partial charge is 0.326 e. The molecule has 0 unspecified atom stereocenters. The number of rotatable bonds is 9. The molecule has 3 aromatic carbocycles. The van der Waals surface area contributed by atoms with E-state index in [1.165, 1.54) is 0 Å². The van der Waals surface area contributed by atoms with Crippen LogP contribution in [-0.2, 0) is 0 Å². The molecule has 0 aliphatic heterocycles. The largest absolute Gasteiger partial charge is 0.497 e. The molecule has 0 spiro atoms. The van der Waals surface area contributed by atoms with Crippen molar-refractivity contribution in [3.8, 4) is 11.5 Å². The van der Waals surface area contributed by atoms with Crippen molar-refractivity contribution in [2.75, 3.05) is 37.5 Å². The predicted molar refractivity (Wildman–Crippen MR) is 131 cm³/mol. The molecule has 3 amide bonds.